The second-order valence-corrected chi connectivity index (χ2v) is 4.22. The molecule has 0 heterocycles. The lowest BCUT2D eigenvalue weighted by molar-refractivity contribution is -0.153. The Morgan fingerprint density at radius 2 is 1.73 bits per heavy atom. The van der Waals surface area contributed by atoms with Crippen LogP contribution in [-0.4, -0.2) is 17.9 Å². The molecule has 0 saturated heterocycles. The fraction of sp³-hybridized carbons (Fsp3) is 0.833. The van der Waals surface area contributed by atoms with Crippen molar-refractivity contribution in [1.82, 2.24) is 0 Å². The highest BCUT2D eigenvalue weighted by molar-refractivity contribution is 5.85. The highest BCUT2D eigenvalue weighted by atomic mass is 16.5. The quantitative estimate of drug-likeness (QED) is 0.627. The molecule has 1 aliphatic rings. The molecule has 0 spiro atoms. The van der Waals surface area contributed by atoms with Gasteiger partial charge < -0.3 is 4.74 Å². The Kier molecular flexibility index (Phi) is 5.37. The fourth-order valence-electron chi connectivity index (χ4n) is 1.98. The molecule has 0 aromatic rings. The van der Waals surface area contributed by atoms with Gasteiger partial charge in [-0.2, -0.15) is 0 Å². The number of carbonyl (C=O) groups is 2. The summed E-state index contributed by atoms with van der Waals surface area (Å²) in [5.41, 5.74) is 0. The topological polar surface area (TPSA) is 43.4 Å². The monoisotopic (exact) mass is 212 g/mol. The zero-order chi connectivity index (χ0) is 11.1. The molecule has 15 heavy (non-hydrogen) atoms. The molecule has 86 valence electrons. The van der Waals surface area contributed by atoms with Crippen LogP contribution in [-0.2, 0) is 14.3 Å². The molecule has 0 amide bonds. The van der Waals surface area contributed by atoms with Crippen molar-refractivity contribution >= 4 is 11.8 Å². The average molecular weight is 212 g/mol. The molecule has 0 aromatic heterocycles. The highest BCUT2D eigenvalue weighted by Crippen LogP contribution is 2.16. The minimum Gasteiger partial charge on any atom is -0.455 e. The van der Waals surface area contributed by atoms with Gasteiger partial charge in [0.2, 0.25) is 0 Å². The van der Waals surface area contributed by atoms with Crippen LogP contribution in [0.2, 0.25) is 0 Å². The Morgan fingerprint density at radius 3 is 2.40 bits per heavy atom. The van der Waals surface area contributed by atoms with E-state index in [-0.39, 0.29) is 11.8 Å². The van der Waals surface area contributed by atoms with E-state index in [1.165, 1.54) is 19.8 Å². The van der Waals surface area contributed by atoms with Gasteiger partial charge in [0.1, 0.15) is 0 Å². The standard InChI is InChI=1S/C12H20O3/c1-10(13)15-12-9-7-5-3-2-4-6-8-11(12)14/h12H,2-9H2,1H3. The van der Waals surface area contributed by atoms with E-state index in [2.05, 4.69) is 0 Å². The van der Waals surface area contributed by atoms with Gasteiger partial charge in [-0.15, -0.1) is 0 Å². The molecular weight excluding hydrogens is 192 g/mol. The Bertz CT molecular complexity index is 223. The normalized spacial score (nSPS) is 24.6. The first-order valence-corrected chi connectivity index (χ1v) is 5.90. The van der Waals surface area contributed by atoms with Crippen LogP contribution in [0, 0.1) is 0 Å². The van der Waals surface area contributed by atoms with Crippen molar-refractivity contribution in [2.75, 3.05) is 0 Å². The molecule has 0 aliphatic heterocycles. The third-order valence-electron chi connectivity index (χ3n) is 2.81. The van der Waals surface area contributed by atoms with Gasteiger partial charge in [-0.3, -0.25) is 9.59 Å². The maximum atomic E-state index is 11.7. The summed E-state index contributed by atoms with van der Waals surface area (Å²) in [7, 11) is 0. The van der Waals surface area contributed by atoms with Gasteiger partial charge in [0, 0.05) is 13.3 Å². The molecule has 0 aromatic carbocycles. The smallest absolute Gasteiger partial charge is 0.303 e. The summed E-state index contributed by atoms with van der Waals surface area (Å²) in [6.07, 6.45) is 7.47. The van der Waals surface area contributed by atoms with Crippen molar-refractivity contribution in [1.29, 1.82) is 0 Å². The minimum absolute atomic E-state index is 0.104. The largest absolute Gasteiger partial charge is 0.455 e. The molecule has 1 saturated carbocycles. The van der Waals surface area contributed by atoms with E-state index < -0.39 is 6.10 Å². The van der Waals surface area contributed by atoms with Crippen LogP contribution in [0.25, 0.3) is 0 Å². The van der Waals surface area contributed by atoms with E-state index in [0.717, 1.165) is 25.7 Å². The molecule has 0 bridgehead atoms. The van der Waals surface area contributed by atoms with Gasteiger partial charge in [-0.1, -0.05) is 25.7 Å². The average Bonchev–Trinajstić information content (AvgIpc) is 2.19. The number of ether oxygens (including phenoxy) is 1. The predicted octanol–water partition coefficient (Wildman–Crippen LogP) is 2.62. The van der Waals surface area contributed by atoms with Gasteiger partial charge in [-0.05, 0) is 19.3 Å². The van der Waals surface area contributed by atoms with Crippen LogP contribution in [0.1, 0.15) is 58.3 Å². The summed E-state index contributed by atoms with van der Waals surface area (Å²) in [5, 5.41) is 0. The van der Waals surface area contributed by atoms with Gasteiger partial charge in [0.15, 0.2) is 11.9 Å². The first kappa shape index (κ1) is 12.2. The predicted molar refractivity (Wildman–Crippen MR) is 57.5 cm³/mol. The molecule has 1 atom stereocenters. The number of rotatable bonds is 1. The second-order valence-electron chi connectivity index (χ2n) is 4.22. The molecule has 3 heteroatoms. The summed E-state index contributed by atoms with van der Waals surface area (Å²) in [6.45, 7) is 1.37. The van der Waals surface area contributed by atoms with Crippen LogP contribution in [0.4, 0.5) is 0 Å². The molecule has 1 rings (SSSR count). The van der Waals surface area contributed by atoms with Crippen molar-refractivity contribution < 1.29 is 14.3 Å². The van der Waals surface area contributed by atoms with Crippen LogP contribution in [0.5, 0.6) is 0 Å². The SMILES string of the molecule is CC(=O)OC1CCCCCCCCC1=O. The van der Waals surface area contributed by atoms with Crippen LogP contribution >= 0.6 is 0 Å². The minimum atomic E-state index is -0.472. The summed E-state index contributed by atoms with van der Waals surface area (Å²) >= 11 is 0. The summed E-state index contributed by atoms with van der Waals surface area (Å²) in [6, 6.07) is 0. The third kappa shape index (κ3) is 4.96. The Labute approximate surface area is 91.2 Å². The van der Waals surface area contributed by atoms with Gasteiger partial charge in [-0.25, -0.2) is 0 Å². The van der Waals surface area contributed by atoms with E-state index in [0.29, 0.717) is 12.8 Å². The number of Topliss-reactive ketones (excluding diaryl/α,β-unsaturated/α-hetero) is 1. The first-order valence-electron chi connectivity index (χ1n) is 5.90. The Morgan fingerprint density at radius 1 is 1.13 bits per heavy atom. The molecule has 1 fully saturated rings. The number of hydrogen-bond acceptors (Lipinski definition) is 3. The maximum Gasteiger partial charge on any atom is 0.303 e. The fourth-order valence-corrected chi connectivity index (χ4v) is 1.98. The van der Waals surface area contributed by atoms with E-state index in [9.17, 15) is 9.59 Å². The lowest BCUT2D eigenvalue weighted by Gasteiger charge is -2.17. The zero-order valence-corrected chi connectivity index (χ0v) is 9.46. The number of esters is 1. The van der Waals surface area contributed by atoms with Gasteiger partial charge in [0.25, 0.3) is 0 Å². The summed E-state index contributed by atoms with van der Waals surface area (Å²) < 4.78 is 5.05. The van der Waals surface area contributed by atoms with Crippen LogP contribution in [0.3, 0.4) is 0 Å². The molecule has 0 radical (unpaired) electrons. The number of hydrogen-bond donors (Lipinski definition) is 0. The lowest BCUT2D eigenvalue weighted by Crippen LogP contribution is -2.26. The van der Waals surface area contributed by atoms with E-state index in [1.807, 2.05) is 0 Å². The number of carbonyl (C=O) groups excluding carboxylic acids is 2. The first-order chi connectivity index (χ1) is 7.20. The van der Waals surface area contributed by atoms with Crippen molar-refractivity contribution in [2.45, 2.75) is 64.4 Å². The van der Waals surface area contributed by atoms with Crippen molar-refractivity contribution in [3.8, 4) is 0 Å². The molecular formula is C12H20O3. The summed E-state index contributed by atoms with van der Waals surface area (Å²) in [5.74, 6) is -0.238. The Hall–Kier alpha value is -0.860. The van der Waals surface area contributed by atoms with Crippen molar-refractivity contribution in [3.05, 3.63) is 0 Å². The van der Waals surface area contributed by atoms with Crippen LogP contribution < -0.4 is 0 Å². The maximum absolute atomic E-state index is 11.7. The van der Waals surface area contributed by atoms with Gasteiger partial charge >= 0.3 is 5.97 Å². The van der Waals surface area contributed by atoms with Crippen LogP contribution in [0.15, 0.2) is 0 Å². The lowest BCUT2D eigenvalue weighted by atomic mass is 9.98. The zero-order valence-electron chi connectivity index (χ0n) is 9.46. The van der Waals surface area contributed by atoms with Crippen molar-refractivity contribution in [2.24, 2.45) is 0 Å². The Balaban J connectivity index is 2.46. The number of ketones is 1. The summed E-state index contributed by atoms with van der Waals surface area (Å²) in [4.78, 5) is 22.5. The van der Waals surface area contributed by atoms with E-state index in [1.54, 1.807) is 0 Å². The second kappa shape index (κ2) is 6.59. The third-order valence-corrected chi connectivity index (χ3v) is 2.81. The molecule has 1 aliphatic carbocycles. The van der Waals surface area contributed by atoms with Crippen molar-refractivity contribution in [3.63, 3.8) is 0 Å². The van der Waals surface area contributed by atoms with Gasteiger partial charge in [0.05, 0.1) is 0 Å². The van der Waals surface area contributed by atoms with E-state index >= 15 is 0 Å². The van der Waals surface area contributed by atoms with E-state index in [4.69, 9.17) is 4.74 Å². The molecule has 0 N–H and O–H groups in total. The highest BCUT2D eigenvalue weighted by Gasteiger charge is 2.20. The molecule has 3 nitrogen and oxygen atoms in total. The molecule has 1 unspecified atom stereocenters.